The molecule has 2 aromatic rings. The standard InChI is InChI=1S/C12H11ClN2O2/c1-6-3-10(17-2)8-4-7(13)5-9(12(14)16)11(8)15-6/h3-5H,1-2H3,(H2,14,16). The lowest BCUT2D eigenvalue weighted by Crippen LogP contribution is -2.12. The van der Waals surface area contributed by atoms with Gasteiger partial charge in [0, 0.05) is 22.2 Å². The van der Waals surface area contributed by atoms with E-state index in [9.17, 15) is 4.79 Å². The highest BCUT2D eigenvalue weighted by Gasteiger charge is 2.13. The number of nitrogens with two attached hydrogens (primary N) is 1. The molecule has 0 atom stereocenters. The van der Waals surface area contributed by atoms with Crippen LogP contribution in [0.2, 0.25) is 5.02 Å². The second-order valence-corrected chi connectivity index (χ2v) is 4.12. The number of halogens is 1. The van der Waals surface area contributed by atoms with E-state index in [1.165, 1.54) is 6.07 Å². The molecule has 0 saturated heterocycles. The summed E-state index contributed by atoms with van der Waals surface area (Å²) >= 11 is 5.95. The van der Waals surface area contributed by atoms with Crippen molar-refractivity contribution >= 4 is 28.4 Å². The zero-order valence-corrected chi connectivity index (χ0v) is 10.2. The number of methoxy groups -OCH3 is 1. The van der Waals surface area contributed by atoms with Crippen molar-refractivity contribution in [1.29, 1.82) is 0 Å². The Morgan fingerprint density at radius 2 is 2.12 bits per heavy atom. The van der Waals surface area contributed by atoms with Gasteiger partial charge in [0.05, 0.1) is 18.2 Å². The van der Waals surface area contributed by atoms with Gasteiger partial charge in [0.1, 0.15) is 5.75 Å². The number of primary amides is 1. The molecule has 4 nitrogen and oxygen atoms in total. The number of aryl methyl sites for hydroxylation is 1. The van der Waals surface area contributed by atoms with Gasteiger partial charge < -0.3 is 10.5 Å². The topological polar surface area (TPSA) is 65.2 Å². The highest BCUT2D eigenvalue weighted by molar-refractivity contribution is 6.32. The Kier molecular flexibility index (Phi) is 2.90. The van der Waals surface area contributed by atoms with E-state index in [4.69, 9.17) is 22.1 Å². The zero-order valence-electron chi connectivity index (χ0n) is 9.45. The van der Waals surface area contributed by atoms with E-state index < -0.39 is 5.91 Å². The van der Waals surface area contributed by atoms with Crippen LogP contribution in [0.1, 0.15) is 16.1 Å². The first-order valence-corrected chi connectivity index (χ1v) is 5.35. The molecule has 0 bridgehead atoms. The first kappa shape index (κ1) is 11.7. The molecule has 0 unspecified atom stereocenters. The molecule has 0 aliphatic heterocycles. The van der Waals surface area contributed by atoms with Crippen molar-refractivity contribution in [2.24, 2.45) is 5.73 Å². The fourth-order valence-electron chi connectivity index (χ4n) is 1.74. The predicted octanol–water partition coefficient (Wildman–Crippen LogP) is 2.30. The second-order valence-electron chi connectivity index (χ2n) is 3.68. The minimum absolute atomic E-state index is 0.300. The number of pyridine rings is 1. The van der Waals surface area contributed by atoms with Crippen LogP contribution in [0, 0.1) is 6.92 Å². The SMILES string of the molecule is COc1cc(C)nc2c(C(N)=O)cc(Cl)cc12. The first-order valence-electron chi connectivity index (χ1n) is 4.97. The normalized spacial score (nSPS) is 10.5. The van der Waals surface area contributed by atoms with Gasteiger partial charge >= 0.3 is 0 Å². The number of nitrogens with zero attached hydrogens (tertiary/aromatic N) is 1. The van der Waals surface area contributed by atoms with Gasteiger partial charge in [0.15, 0.2) is 0 Å². The minimum Gasteiger partial charge on any atom is -0.496 e. The van der Waals surface area contributed by atoms with Crippen molar-refractivity contribution in [3.8, 4) is 5.75 Å². The van der Waals surface area contributed by atoms with Gasteiger partial charge in [-0.1, -0.05) is 11.6 Å². The van der Waals surface area contributed by atoms with Crippen LogP contribution < -0.4 is 10.5 Å². The Balaban J connectivity index is 2.93. The highest BCUT2D eigenvalue weighted by Crippen LogP contribution is 2.30. The fourth-order valence-corrected chi connectivity index (χ4v) is 1.96. The third-order valence-electron chi connectivity index (χ3n) is 2.45. The summed E-state index contributed by atoms with van der Waals surface area (Å²) in [4.78, 5) is 15.7. The van der Waals surface area contributed by atoms with E-state index in [1.54, 1.807) is 19.2 Å². The molecule has 0 aliphatic rings. The zero-order chi connectivity index (χ0) is 12.6. The number of aromatic nitrogens is 1. The maximum Gasteiger partial charge on any atom is 0.250 e. The lowest BCUT2D eigenvalue weighted by Gasteiger charge is -2.09. The van der Waals surface area contributed by atoms with Crippen LogP contribution in [-0.4, -0.2) is 18.0 Å². The summed E-state index contributed by atoms with van der Waals surface area (Å²) in [5, 5.41) is 1.11. The maximum atomic E-state index is 11.4. The van der Waals surface area contributed by atoms with Crippen LogP contribution >= 0.6 is 11.6 Å². The Hall–Kier alpha value is -1.81. The van der Waals surface area contributed by atoms with Crippen molar-refractivity contribution in [2.45, 2.75) is 6.92 Å². The van der Waals surface area contributed by atoms with E-state index in [-0.39, 0.29) is 0 Å². The third kappa shape index (κ3) is 2.03. The molecule has 1 amide bonds. The number of ether oxygens (including phenoxy) is 1. The summed E-state index contributed by atoms with van der Waals surface area (Å²) in [6.07, 6.45) is 0. The summed E-state index contributed by atoms with van der Waals surface area (Å²) in [6, 6.07) is 5.00. The van der Waals surface area contributed by atoms with E-state index >= 15 is 0 Å². The molecule has 0 saturated carbocycles. The van der Waals surface area contributed by atoms with Gasteiger partial charge in [-0.15, -0.1) is 0 Å². The summed E-state index contributed by atoms with van der Waals surface area (Å²) in [7, 11) is 1.55. The Labute approximate surface area is 103 Å². The van der Waals surface area contributed by atoms with Gasteiger partial charge in [-0.25, -0.2) is 0 Å². The van der Waals surface area contributed by atoms with Gasteiger partial charge in [-0.3, -0.25) is 9.78 Å². The van der Waals surface area contributed by atoms with Crippen LogP contribution in [0.25, 0.3) is 10.9 Å². The first-order chi connectivity index (χ1) is 8.02. The number of rotatable bonds is 2. The molecule has 88 valence electrons. The maximum absolute atomic E-state index is 11.4. The summed E-state index contributed by atoms with van der Waals surface area (Å²) in [5.74, 6) is 0.0650. The fraction of sp³-hybridized carbons (Fsp3) is 0.167. The van der Waals surface area contributed by atoms with Crippen LogP contribution in [0.5, 0.6) is 5.75 Å². The molecule has 2 rings (SSSR count). The van der Waals surface area contributed by atoms with E-state index in [2.05, 4.69) is 4.98 Å². The Morgan fingerprint density at radius 1 is 1.41 bits per heavy atom. The minimum atomic E-state index is -0.558. The van der Waals surface area contributed by atoms with Crippen molar-refractivity contribution < 1.29 is 9.53 Å². The van der Waals surface area contributed by atoms with Gasteiger partial charge in [0.2, 0.25) is 0 Å². The van der Waals surface area contributed by atoms with Crippen LogP contribution in [0.15, 0.2) is 18.2 Å². The molecule has 17 heavy (non-hydrogen) atoms. The van der Waals surface area contributed by atoms with E-state index in [1.807, 2.05) is 6.92 Å². The van der Waals surface area contributed by atoms with E-state index in [0.29, 0.717) is 27.2 Å². The van der Waals surface area contributed by atoms with Crippen LogP contribution in [0.4, 0.5) is 0 Å². The van der Waals surface area contributed by atoms with Gasteiger partial charge in [0.25, 0.3) is 5.91 Å². The molecular formula is C12H11ClN2O2. The summed E-state index contributed by atoms with van der Waals surface area (Å²) in [5.41, 5.74) is 6.87. The summed E-state index contributed by atoms with van der Waals surface area (Å²) in [6.45, 7) is 1.82. The third-order valence-corrected chi connectivity index (χ3v) is 2.67. The average Bonchev–Trinajstić information content (AvgIpc) is 2.27. The number of hydrogen-bond donors (Lipinski definition) is 1. The molecule has 5 heteroatoms. The molecular weight excluding hydrogens is 240 g/mol. The molecule has 0 aliphatic carbocycles. The molecule has 0 spiro atoms. The second kappa shape index (κ2) is 4.22. The highest BCUT2D eigenvalue weighted by atomic mass is 35.5. The number of carbonyl (C=O) groups excluding carboxylic acids is 1. The largest absolute Gasteiger partial charge is 0.496 e. The number of benzene rings is 1. The Bertz CT molecular complexity index is 611. The number of carbonyl (C=O) groups is 1. The molecule has 2 N–H and O–H groups in total. The van der Waals surface area contributed by atoms with Gasteiger partial charge in [-0.2, -0.15) is 0 Å². The average molecular weight is 251 g/mol. The van der Waals surface area contributed by atoms with Crippen LogP contribution in [-0.2, 0) is 0 Å². The van der Waals surface area contributed by atoms with Crippen molar-refractivity contribution in [3.05, 3.63) is 34.5 Å². The van der Waals surface area contributed by atoms with Crippen molar-refractivity contribution in [2.75, 3.05) is 7.11 Å². The predicted molar refractivity (Wildman–Crippen MR) is 66.6 cm³/mol. The molecule has 0 radical (unpaired) electrons. The monoisotopic (exact) mass is 250 g/mol. The quantitative estimate of drug-likeness (QED) is 0.889. The lowest BCUT2D eigenvalue weighted by molar-refractivity contribution is 0.100. The molecule has 1 heterocycles. The molecule has 1 aromatic heterocycles. The smallest absolute Gasteiger partial charge is 0.250 e. The molecule has 1 aromatic carbocycles. The summed E-state index contributed by atoms with van der Waals surface area (Å²) < 4.78 is 5.25. The van der Waals surface area contributed by atoms with Crippen molar-refractivity contribution in [1.82, 2.24) is 4.98 Å². The lowest BCUT2D eigenvalue weighted by atomic mass is 10.1. The Morgan fingerprint density at radius 3 is 2.71 bits per heavy atom. The number of hydrogen-bond acceptors (Lipinski definition) is 3. The number of fused-ring (bicyclic) bond motifs is 1. The number of amides is 1. The van der Waals surface area contributed by atoms with E-state index in [0.717, 1.165) is 5.69 Å². The van der Waals surface area contributed by atoms with Crippen molar-refractivity contribution in [3.63, 3.8) is 0 Å². The van der Waals surface area contributed by atoms with Crippen LogP contribution in [0.3, 0.4) is 0 Å². The van der Waals surface area contributed by atoms with Gasteiger partial charge in [-0.05, 0) is 19.1 Å². The molecule has 0 fully saturated rings.